The van der Waals surface area contributed by atoms with Crippen LogP contribution in [0.4, 0.5) is 0 Å². The van der Waals surface area contributed by atoms with Crippen molar-refractivity contribution in [1.82, 2.24) is 0 Å². The highest BCUT2D eigenvalue weighted by atomic mass is 79.9. The highest BCUT2D eigenvalue weighted by Crippen LogP contribution is 2.91. The Morgan fingerprint density at radius 1 is 1.00 bits per heavy atom. The third-order valence-corrected chi connectivity index (χ3v) is 8.09. The fourth-order valence-electron chi connectivity index (χ4n) is 4.30. The molecule has 4 atom stereocenters. The minimum Gasteiger partial charge on any atom is -0.370 e. The number of hydrogen-bond acceptors (Lipinski definition) is 1. The van der Waals surface area contributed by atoms with Crippen molar-refractivity contribution in [1.29, 1.82) is 0 Å². The largest absolute Gasteiger partial charge is 0.370 e. The van der Waals surface area contributed by atoms with E-state index in [1.807, 2.05) is 0 Å². The highest BCUT2D eigenvalue weighted by Gasteiger charge is 2.89. The lowest BCUT2D eigenvalue weighted by atomic mass is 9.82. The van der Waals surface area contributed by atoms with Crippen LogP contribution in [0.15, 0.2) is 0 Å². The first-order valence-corrected chi connectivity index (χ1v) is 6.75. The number of ether oxygens (including phenoxy) is 1. The van der Waals surface area contributed by atoms with E-state index in [0.717, 1.165) is 0 Å². The Labute approximate surface area is 94.8 Å². The summed E-state index contributed by atoms with van der Waals surface area (Å²) < 4.78 is 5.93. The van der Waals surface area contributed by atoms with E-state index in [-0.39, 0.29) is 3.23 Å². The molecule has 1 saturated heterocycles. The number of rotatable bonds is 0. The molecule has 0 spiro atoms. The van der Waals surface area contributed by atoms with Crippen LogP contribution in [0.2, 0.25) is 0 Å². The SMILES string of the molecule is BrC1(Br)C23CCCC12CC1OC1C3. The molecule has 1 nitrogen and oxygen atoms in total. The van der Waals surface area contributed by atoms with Gasteiger partial charge in [0.05, 0.1) is 15.4 Å². The van der Waals surface area contributed by atoms with Crippen molar-refractivity contribution in [2.75, 3.05) is 0 Å². The Hall–Kier alpha value is 0.920. The van der Waals surface area contributed by atoms with Crippen LogP contribution in [0.5, 0.6) is 0 Å². The van der Waals surface area contributed by atoms with Crippen LogP contribution in [0.1, 0.15) is 32.1 Å². The van der Waals surface area contributed by atoms with E-state index >= 15 is 0 Å². The lowest BCUT2D eigenvalue weighted by Gasteiger charge is -2.18. The molecule has 0 aromatic carbocycles. The van der Waals surface area contributed by atoms with Gasteiger partial charge in [0.15, 0.2) is 0 Å². The molecule has 13 heavy (non-hydrogen) atoms. The minimum absolute atomic E-state index is 0.273. The Kier molecular flexibility index (Phi) is 1.20. The zero-order chi connectivity index (χ0) is 8.90. The van der Waals surface area contributed by atoms with Crippen molar-refractivity contribution in [2.45, 2.75) is 47.5 Å². The van der Waals surface area contributed by atoms with Crippen LogP contribution in [-0.2, 0) is 4.74 Å². The summed E-state index contributed by atoms with van der Waals surface area (Å²) in [6.45, 7) is 0. The summed E-state index contributed by atoms with van der Waals surface area (Å²) in [5, 5.41) is 0. The lowest BCUT2D eigenvalue weighted by molar-refractivity contribution is 0.309. The summed E-state index contributed by atoms with van der Waals surface area (Å²) in [5.41, 5.74) is 1.11. The first-order valence-electron chi connectivity index (χ1n) is 5.16. The first kappa shape index (κ1) is 8.12. The van der Waals surface area contributed by atoms with E-state index < -0.39 is 0 Å². The monoisotopic (exact) mass is 306 g/mol. The van der Waals surface area contributed by atoms with Crippen molar-refractivity contribution in [3.63, 3.8) is 0 Å². The van der Waals surface area contributed by atoms with Gasteiger partial charge in [0.25, 0.3) is 0 Å². The molecule has 1 aliphatic heterocycles. The van der Waals surface area contributed by atoms with Gasteiger partial charge in [-0.1, -0.05) is 38.3 Å². The molecular formula is C10H12Br2O. The number of alkyl halides is 2. The maximum absolute atomic E-state index is 5.66. The Morgan fingerprint density at radius 2 is 1.54 bits per heavy atom. The second-order valence-electron chi connectivity index (χ2n) is 5.21. The van der Waals surface area contributed by atoms with Gasteiger partial charge in [0, 0.05) is 10.8 Å². The average Bonchev–Trinajstić information content (AvgIpc) is 2.78. The van der Waals surface area contributed by atoms with E-state index in [9.17, 15) is 0 Å². The highest BCUT2D eigenvalue weighted by molar-refractivity contribution is 9.25. The van der Waals surface area contributed by atoms with Gasteiger partial charge in [-0.05, 0) is 25.7 Å². The molecule has 3 aliphatic carbocycles. The lowest BCUT2D eigenvalue weighted by Crippen LogP contribution is -2.19. The van der Waals surface area contributed by atoms with Crippen molar-refractivity contribution in [3.8, 4) is 0 Å². The van der Waals surface area contributed by atoms with Crippen LogP contribution in [-0.4, -0.2) is 15.4 Å². The first-order chi connectivity index (χ1) is 6.13. The fourth-order valence-corrected chi connectivity index (χ4v) is 7.06. The standard InChI is InChI=1S/C10H12Br2O/c11-10(12)8-2-1-3-9(8,10)5-7-6(4-8)13-7/h6-7H,1-5H2. The number of halogens is 2. The average molecular weight is 308 g/mol. The zero-order valence-electron chi connectivity index (χ0n) is 7.35. The predicted octanol–water partition coefficient (Wildman–Crippen LogP) is 3.20. The molecule has 4 aliphatic rings. The van der Waals surface area contributed by atoms with Crippen LogP contribution < -0.4 is 0 Å². The normalized spacial score (nSPS) is 65.1. The van der Waals surface area contributed by atoms with E-state index in [4.69, 9.17) is 4.74 Å². The van der Waals surface area contributed by atoms with Crippen LogP contribution in [0.3, 0.4) is 0 Å². The summed E-state index contributed by atoms with van der Waals surface area (Å²) in [5.74, 6) is 0. The molecule has 4 rings (SSSR count). The van der Waals surface area contributed by atoms with Gasteiger partial charge >= 0.3 is 0 Å². The zero-order valence-corrected chi connectivity index (χ0v) is 10.5. The van der Waals surface area contributed by atoms with Crippen LogP contribution >= 0.6 is 31.9 Å². The molecule has 0 aromatic heterocycles. The van der Waals surface area contributed by atoms with Gasteiger partial charge in [-0.25, -0.2) is 0 Å². The van der Waals surface area contributed by atoms with Gasteiger partial charge < -0.3 is 4.74 Å². The summed E-state index contributed by atoms with van der Waals surface area (Å²) in [7, 11) is 0. The molecule has 0 N–H and O–H groups in total. The summed E-state index contributed by atoms with van der Waals surface area (Å²) in [6, 6.07) is 0. The topological polar surface area (TPSA) is 12.5 Å². The smallest absolute Gasteiger partial charge is 0.0931 e. The summed E-state index contributed by atoms with van der Waals surface area (Å²) >= 11 is 7.83. The summed E-state index contributed by atoms with van der Waals surface area (Å²) in [6.07, 6.45) is 8.05. The fraction of sp³-hybridized carbons (Fsp3) is 1.00. The molecule has 0 aromatic rings. The van der Waals surface area contributed by atoms with E-state index in [1.165, 1.54) is 32.1 Å². The van der Waals surface area contributed by atoms with Gasteiger partial charge in [-0.15, -0.1) is 0 Å². The Bertz CT molecular complexity index is 277. The summed E-state index contributed by atoms with van der Waals surface area (Å²) in [4.78, 5) is 0. The maximum atomic E-state index is 5.66. The molecule has 0 amide bonds. The number of fused-ring (bicyclic) bond motifs is 1. The van der Waals surface area contributed by atoms with E-state index in [0.29, 0.717) is 23.0 Å². The van der Waals surface area contributed by atoms with Gasteiger partial charge in [-0.2, -0.15) is 0 Å². The second kappa shape index (κ2) is 1.92. The molecule has 72 valence electrons. The van der Waals surface area contributed by atoms with Crippen molar-refractivity contribution < 1.29 is 4.74 Å². The van der Waals surface area contributed by atoms with E-state index in [1.54, 1.807) is 0 Å². The van der Waals surface area contributed by atoms with Crippen molar-refractivity contribution in [3.05, 3.63) is 0 Å². The molecule has 3 heteroatoms. The minimum atomic E-state index is 0.273. The molecule has 1 heterocycles. The van der Waals surface area contributed by atoms with Crippen LogP contribution in [0.25, 0.3) is 0 Å². The van der Waals surface area contributed by atoms with Gasteiger partial charge in [0.2, 0.25) is 0 Å². The Balaban J connectivity index is 1.84. The second-order valence-corrected chi connectivity index (χ2v) is 8.66. The maximum Gasteiger partial charge on any atom is 0.0931 e. The third kappa shape index (κ3) is 0.618. The van der Waals surface area contributed by atoms with Crippen molar-refractivity contribution >= 4 is 31.9 Å². The molecule has 3 saturated carbocycles. The Morgan fingerprint density at radius 3 is 2.08 bits per heavy atom. The van der Waals surface area contributed by atoms with Crippen LogP contribution in [0, 0.1) is 10.8 Å². The molecular weight excluding hydrogens is 296 g/mol. The van der Waals surface area contributed by atoms with E-state index in [2.05, 4.69) is 31.9 Å². The van der Waals surface area contributed by atoms with Crippen molar-refractivity contribution in [2.24, 2.45) is 10.8 Å². The molecule has 0 radical (unpaired) electrons. The van der Waals surface area contributed by atoms with Gasteiger partial charge in [-0.3, -0.25) is 0 Å². The number of epoxide rings is 1. The predicted molar refractivity (Wildman–Crippen MR) is 57.2 cm³/mol. The quantitative estimate of drug-likeness (QED) is 0.494. The third-order valence-electron chi connectivity index (χ3n) is 5.05. The molecule has 0 bridgehead atoms. The molecule has 4 fully saturated rings. The van der Waals surface area contributed by atoms with Gasteiger partial charge in [0.1, 0.15) is 0 Å². The molecule has 4 unspecified atom stereocenters. The number of hydrogen-bond donors (Lipinski definition) is 0.